The standard InChI is InChI=1S/C9H11NO.C3H8/c1-2-10-9(11)8-6-4-3-5-7-8;1-3-2/h3-7H,2H2,1H3,(H,10,11);3H2,1-2H3. The van der Waals surface area contributed by atoms with Crippen molar-refractivity contribution in [1.82, 2.24) is 5.32 Å². The first-order valence-corrected chi connectivity index (χ1v) is 5.09. The molecule has 78 valence electrons. The highest BCUT2D eigenvalue weighted by Gasteiger charge is 1.99. The van der Waals surface area contributed by atoms with Gasteiger partial charge in [-0.15, -0.1) is 0 Å². The highest BCUT2D eigenvalue weighted by Crippen LogP contribution is 1.96. The van der Waals surface area contributed by atoms with Crippen molar-refractivity contribution < 1.29 is 4.79 Å². The minimum absolute atomic E-state index is 0.00639. The molecule has 2 heteroatoms. The highest BCUT2D eigenvalue weighted by molar-refractivity contribution is 5.93. The predicted octanol–water partition coefficient (Wildman–Crippen LogP) is 2.85. The van der Waals surface area contributed by atoms with Crippen molar-refractivity contribution >= 4 is 5.91 Å². The number of carbonyl (C=O) groups excluding carboxylic acids is 1. The van der Waals surface area contributed by atoms with Crippen molar-refractivity contribution in [3.05, 3.63) is 35.9 Å². The average molecular weight is 193 g/mol. The molecular weight excluding hydrogens is 174 g/mol. The van der Waals surface area contributed by atoms with Crippen molar-refractivity contribution in [2.45, 2.75) is 27.2 Å². The van der Waals surface area contributed by atoms with Gasteiger partial charge in [0.05, 0.1) is 0 Å². The summed E-state index contributed by atoms with van der Waals surface area (Å²) in [4.78, 5) is 11.1. The second-order valence-corrected chi connectivity index (χ2v) is 2.93. The van der Waals surface area contributed by atoms with E-state index in [1.54, 1.807) is 12.1 Å². The van der Waals surface area contributed by atoms with E-state index in [-0.39, 0.29) is 5.91 Å². The van der Waals surface area contributed by atoms with Gasteiger partial charge in [-0.3, -0.25) is 4.79 Å². The molecule has 0 unspecified atom stereocenters. The Kier molecular flexibility index (Phi) is 7.52. The smallest absolute Gasteiger partial charge is 0.251 e. The van der Waals surface area contributed by atoms with Crippen LogP contribution in [-0.4, -0.2) is 12.5 Å². The van der Waals surface area contributed by atoms with Crippen LogP contribution in [0.5, 0.6) is 0 Å². The second kappa shape index (κ2) is 8.30. The fourth-order valence-electron chi connectivity index (χ4n) is 0.852. The quantitative estimate of drug-likeness (QED) is 0.768. The second-order valence-electron chi connectivity index (χ2n) is 2.93. The lowest BCUT2D eigenvalue weighted by molar-refractivity contribution is 0.0956. The van der Waals surface area contributed by atoms with Crippen molar-refractivity contribution in [1.29, 1.82) is 0 Å². The van der Waals surface area contributed by atoms with Gasteiger partial charge in [-0.2, -0.15) is 0 Å². The van der Waals surface area contributed by atoms with E-state index in [0.29, 0.717) is 12.1 Å². The summed E-state index contributed by atoms with van der Waals surface area (Å²) in [6.45, 7) is 6.83. The molecule has 0 saturated heterocycles. The Morgan fingerprint density at radius 2 is 1.64 bits per heavy atom. The molecule has 1 amide bonds. The van der Waals surface area contributed by atoms with Gasteiger partial charge in [0.25, 0.3) is 5.91 Å². The summed E-state index contributed by atoms with van der Waals surface area (Å²) >= 11 is 0. The zero-order valence-corrected chi connectivity index (χ0v) is 9.21. The van der Waals surface area contributed by atoms with Crippen LogP contribution in [0.4, 0.5) is 0 Å². The molecule has 1 rings (SSSR count). The van der Waals surface area contributed by atoms with Crippen molar-refractivity contribution in [2.75, 3.05) is 6.54 Å². The minimum atomic E-state index is -0.00639. The van der Waals surface area contributed by atoms with Crippen molar-refractivity contribution in [2.24, 2.45) is 0 Å². The summed E-state index contributed by atoms with van der Waals surface area (Å²) in [5.74, 6) is -0.00639. The van der Waals surface area contributed by atoms with Crippen LogP contribution in [0.3, 0.4) is 0 Å². The Morgan fingerprint density at radius 3 is 2.07 bits per heavy atom. The van der Waals surface area contributed by atoms with Gasteiger partial charge in [0, 0.05) is 12.1 Å². The number of hydrogen-bond donors (Lipinski definition) is 1. The molecule has 0 aliphatic heterocycles. The van der Waals surface area contributed by atoms with E-state index in [2.05, 4.69) is 19.2 Å². The van der Waals surface area contributed by atoms with E-state index in [1.165, 1.54) is 6.42 Å². The lowest BCUT2D eigenvalue weighted by Crippen LogP contribution is -2.22. The monoisotopic (exact) mass is 193 g/mol. The topological polar surface area (TPSA) is 29.1 Å². The molecule has 0 bridgehead atoms. The third kappa shape index (κ3) is 5.36. The number of hydrogen-bond acceptors (Lipinski definition) is 1. The van der Waals surface area contributed by atoms with Crippen molar-refractivity contribution in [3.63, 3.8) is 0 Å². The summed E-state index contributed by atoms with van der Waals surface area (Å²) < 4.78 is 0. The molecule has 1 aromatic rings. The Bertz CT molecular complexity index is 244. The predicted molar refractivity (Wildman–Crippen MR) is 60.4 cm³/mol. The third-order valence-corrected chi connectivity index (χ3v) is 1.37. The number of carbonyl (C=O) groups is 1. The third-order valence-electron chi connectivity index (χ3n) is 1.37. The molecule has 14 heavy (non-hydrogen) atoms. The molecule has 1 N–H and O–H groups in total. The number of amides is 1. The first-order valence-electron chi connectivity index (χ1n) is 5.09. The molecule has 0 radical (unpaired) electrons. The van der Waals surface area contributed by atoms with Crippen LogP contribution < -0.4 is 5.32 Å². The van der Waals surface area contributed by atoms with Crippen molar-refractivity contribution in [3.8, 4) is 0 Å². The molecule has 0 heterocycles. The van der Waals surface area contributed by atoms with Crippen LogP contribution in [0.25, 0.3) is 0 Å². The van der Waals surface area contributed by atoms with Crippen LogP contribution in [0.15, 0.2) is 30.3 Å². The summed E-state index contributed by atoms with van der Waals surface area (Å²) in [6.07, 6.45) is 1.25. The van der Waals surface area contributed by atoms with E-state index in [0.717, 1.165) is 0 Å². The van der Waals surface area contributed by atoms with Gasteiger partial charge in [-0.25, -0.2) is 0 Å². The number of rotatable bonds is 2. The summed E-state index contributed by atoms with van der Waals surface area (Å²) in [6, 6.07) is 9.19. The first kappa shape index (κ1) is 12.7. The lowest BCUT2D eigenvalue weighted by Gasteiger charge is -1.99. The van der Waals surface area contributed by atoms with E-state index < -0.39 is 0 Å². The molecule has 0 aliphatic rings. The van der Waals surface area contributed by atoms with Gasteiger partial charge in [0.1, 0.15) is 0 Å². The number of benzene rings is 1. The van der Waals surface area contributed by atoms with Crippen LogP contribution in [0.2, 0.25) is 0 Å². The average Bonchev–Trinajstić information content (AvgIpc) is 2.21. The lowest BCUT2D eigenvalue weighted by atomic mass is 10.2. The van der Waals surface area contributed by atoms with E-state index in [9.17, 15) is 4.79 Å². The van der Waals surface area contributed by atoms with Gasteiger partial charge >= 0.3 is 0 Å². The van der Waals surface area contributed by atoms with Crippen LogP contribution in [0.1, 0.15) is 37.6 Å². The maximum atomic E-state index is 11.1. The zero-order chi connectivity index (χ0) is 10.8. The maximum absolute atomic E-state index is 11.1. The Hall–Kier alpha value is -1.31. The maximum Gasteiger partial charge on any atom is 0.251 e. The largest absolute Gasteiger partial charge is 0.352 e. The molecule has 0 spiro atoms. The minimum Gasteiger partial charge on any atom is -0.352 e. The Balaban J connectivity index is 0.000000500. The summed E-state index contributed by atoms with van der Waals surface area (Å²) in [5, 5.41) is 2.72. The summed E-state index contributed by atoms with van der Waals surface area (Å²) in [5.41, 5.74) is 0.717. The van der Waals surface area contributed by atoms with Gasteiger partial charge in [-0.1, -0.05) is 38.5 Å². The normalized spacial score (nSPS) is 8.50. The molecule has 1 aromatic carbocycles. The Labute approximate surface area is 86.3 Å². The van der Waals surface area contributed by atoms with Crippen LogP contribution >= 0.6 is 0 Å². The van der Waals surface area contributed by atoms with Gasteiger partial charge in [0.2, 0.25) is 0 Å². The summed E-state index contributed by atoms with van der Waals surface area (Å²) in [7, 11) is 0. The molecule has 0 aromatic heterocycles. The molecule has 0 fully saturated rings. The van der Waals surface area contributed by atoms with E-state index >= 15 is 0 Å². The molecule has 0 saturated carbocycles. The molecule has 0 atom stereocenters. The highest BCUT2D eigenvalue weighted by atomic mass is 16.1. The van der Waals surface area contributed by atoms with Gasteiger partial charge in [0.15, 0.2) is 0 Å². The Morgan fingerprint density at radius 1 is 1.14 bits per heavy atom. The molecule has 0 aliphatic carbocycles. The number of nitrogens with one attached hydrogen (secondary N) is 1. The van der Waals surface area contributed by atoms with Gasteiger partial charge < -0.3 is 5.32 Å². The van der Waals surface area contributed by atoms with Crippen LogP contribution in [0, 0.1) is 0 Å². The van der Waals surface area contributed by atoms with Gasteiger partial charge in [-0.05, 0) is 19.1 Å². The van der Waals surface area contributed by atoms with Crippen LogP contribution in [-0.2, 0) is 0 Å². The van der Waals surface area contributed by atoms with E-state index in [1.807, 2.05) is 25.1 Å². The molecule has 2 nitrogen and oxygen atoms in total. The fourth-order valence-corrected chi connectivity index (χ4v) is 0.852. The van der Waals surface area contributed by atoms with E-state index in [4.69, 9.17) is 0 Å². The zero-order valence-electron chi connectivity index (χ0n) is 9.21. The first-order chi connectivity index (χ1) is 6.76. The molecular formula is C12H19NO. The SMILES string of the molecule is CCC.CCNC(=O)c1ccccc1. The fraction of sp³-hybridized carbons (Fsp3) is 0.417.